The molecular weight excluding hydrogens is 334 g/mol. The second kappa shape index (κ2) is 5.76. The summed E-state index contributed by atoms with van der Waals surface area (Å²) >= 11 is 0. The van der Waals surface area contributed by atoms with Crippen molar-refractivity contribution < 1.29 is 14.7 Å². The zero-order valence-corrected chi connectivity index (χ0v) is 14.2. The summed E-state index contributed by atoms with van der Waals surface area (Å²) in [4.78, 5) is 31.7. The third-order valence-electron chi connectivity index (χ3n) is 4.25. The highest BCUT2D eigenvalue weighted by Crippen LogP contribution is 2.28. The van der Waals surface area contributed by atoms with Crippen LogP contribution >= 0.6 is 0 Å². The van der Waals surface area contributed by atoms with Crippen molar-refractivity contribution in [3.63, 3.8) is 0 Å². The Balaban J connectivity index is 1.89. The van der Waals surface area contributed by atoms with Crippen molar-refractivity contribution in [2.45, 2.75) is 13.5 Å². The SMILES string of the molecule is CC(=O)c1nn(CC(=O)O)c2ccc(-c3cnc4c(c3)ncn4C)cc12. The van der Waals surface area contributed by atoms with E-state index in [2.05, 4.69) is 15.1 Å². The summed E-state index contributed by atoms with van der Waals surface area (Å²) in [7, 11) is 1.88. The molecular formula is C18H15N5O3. The number of nitrogens with zero attached hydrogens (tertiary/aromatic N) is 5. The zero-order chi connectivity index (χ0) is 18.4. The van der Waals surface area contributed by atoms with Crippen LogP contribution in [0, 0.1) is 0 Å². The Labute approximate surface area is 147 Å². The summed E-state index contributed by atoms with van der Waals surface area (Å²) in [6, 6.07) is 7.40. The van der Waals surface area contributed by atoms with E-state index in [0.717, 1.165) is 22.3 Å². The fraction of sp³-hybridized carbons (Fsp3) is 0.167. The molecule has 0 saturated heterocycles. The number of carboxylic acid groups (broad SMARTS) is 1. The minimum atomic E-state index is -1.02. The number of ketones is 1. The first-order valence-corrected chi connectivity index (χ1v) is 7.95. The fourth-order valence-electron chi connectivity index (χ4n) is 3.04. The molecule has 0 aliphatic heterocycles. The van der Waals surface area contributed by atoms with Crippen LogP contribution in [0.3, 0.4) is 0 Å². The van der Waals surface area contributed by atoms with Gasteiger partial charge in [0.15, 0.2) is 11.4 Å². The van der Waals surface area contributed by atoms with E-state index in [9.17, 15) is 9.59 Å². The molecule has 0 aliphatic rings. The third kappa shape index (κ3) is 2.52. The monoisotopic (exact) mass is 349 g/mol. The molecule has 1 N–H and O–H groups in total. The second-order valence-corrected chi connectivity index (χ2v) is 6.11. The van der Waals surface area contributed by atoms with Gasteiger partial charge in [-0.15, -0.1) is 0 Å². The van der Waals surface area contributed by atoms with Crippen molar-refractivity contribution in [2.24, 2.45) is 7.05 Å². The number of carboxylic acids is 1. The Kier molecular flexibility index (Phi) is 3.54. The van der Waals surface area contributed by atoms with Crippen LogP contribution in [0.4, 0.5) is 0 Å². The number of carbonyl (C=O) groups excluding carboxylic acids is 1. The van der Waals surface area contributed by atoms with E-state index in [4.69, 9.17) is 5.11 Å². The zero-order valence-electron chi connectivity index (χ0n) is 14.2. The lowest BCUT2D eigenvalue weighted by Gasteiger charge is -2.04. The number of imidazole rings is 1. The van der Waals surface area contributed by atoms with Crippen LogP contribution in [-0.4, -0.2) is 41.2 Å². The van der Waals surface area contributed by atoms with Crippen LogP contribution in [0.1, 0.15) is 17.4 Å². The molecule has 3 heterocycles. The maximum absolute atomic E-state index is 11.9. The number of pyridine rings is 1. The van der Waals surface area contributed by atoms with E-state index < -0.39 is 5.97 Å². The Morgan fingerprint density at radius 3 is 2.69 bits per heavy atom. The fourth-order valence-corrected chi connectivity index (χ4v) is 3.04. The molecule has 8 heteroatoms. The van der Waals surface area contributed by atoms with Gasteiger partial charge in [-0.05, 0) is 23.8 Å². The number of aliphatic carboxylic acids is 1. The first kappa shape index (κ1) is 15.9. The van der Waals surface area contributed by atoms with E-state index >= 15 is 0 Å². The molecule has 0 amide bonds. The minimum absolute atomic E-state index is 0.213. The smallest absolute Gasteiger partial charge is 0.325 e. The van der Waals surface area contributed by atoms with Gasteiger partial charge in [0, 0.05) is 31.1 Å². The number of rotatable bonds is 4. The number of aromatic nitrogens is 5. The van der Waals surface area contributed by atoms with E-state index in [-0.39, 0.29) is 18.0 Å². The lowest BCUT2D eigenvalue weighted by Crippen LogP contribution is -2.10. The molecule has 0 saturated carbocycles. The molecule has 0 aliphatic carbocycles. The van der Waals surface area contributed by atoms with Gasteiger partial charge in [-0.3, -0.25) is 14.3 Å². The average Bonchev–Trinajstić information content (AvgIpc) is 3.15. The molecule has 3 aromatic heterocycles. The molecule has 8 nitrogen and oxygen atoms in total. The summed E-state index contributed by atoms with van der Waals surface area (Å²) in [6.07, 6.45) is 3.45. The Bertz CT molecular complexity index is 1190. The number of carbonyl (C=O) groups is 2. The lowest BCUT2D eigenvalue weighted by atomic mass is 10.0. The van der Waals surface area contributed by atoms with Crippen molar-refractivity contribution in [3.8, 4) is 11.1 Å². The number of hydrogen-bond acceptors (Lipinski definition) is 5. The number of Topliss-reactive ketones (excluding diaryl/α,β-unsaturated/α-hetero) is 1. The van der Waals surface area contributed by atoms with Crippen LogP contribution < -0.4 is 0 Å². The van der Waals surface area contributed by atoms with Gasteiger partial charge < -0.3 is 9.67 Å². The summed E-state index contributed by atoms with van der Waals surface area (Å²) < 4.78 is 3.17. The van der Waals surface area contributed by atoms with Gasteiger partial charge in [0.2, 0.25) is 0 Å². The van der Waals surface area contributed by atoms with Gasteiger partial charge in [0.05, 0.1) is 11.8 Å². The summed E-state index contributed by atoms with van der Waals surface area (Å²) in [5.74, 6) is -1.23. The van der Waals surface area contributed by atoms with Crippen molar-refractivity contribution in [1.29, 1.82) is 0 Å². The van der Waals surface area contributed by atoms with Crippen molar-refractivity contribution >= 4 is 33.8 Å². The second-order valence-electron chi connectivity index (χ2n) is 6.11. The van der Waals surface area contributed by atoms with E-state index in [0.29, 0.717) is 10.9 Å². The summed E-state index contributed by atoms with van der Waals surface area (Å²) in [5.41, 5.74) is 4.14. The highest BCUT2D eigenvalue weighted by Gasteiger charge is 2.17. The number of aryl methyl sites for hydroxylation is 1. The van der Waals surface area contributed by atoms with Gasteiger partial charge in [-0.2, -0.15) is 5.10 Å². The van der Waals surface area contributed by atoms with Crippen LogP contribution in [0.15, 0.2) is 36.8 Å². The first-order valence-electron chi connectivity index (χ1n) is 7.95. The highest BCUT2D eigenvalue weighted by atomic mass is 16.4. The minimum Gasteiger partial charge on any atom is -0.480 e. The molecule has 0 unspecified atom stereocenters. The van der Waals surface area contributed by atoms with E-state index in [1.807, 2.05) is 29.8 Å². The molecule has 26 heavy (non-hydrogen) atoms. The number of hydrogen-bond donors (Lipinski definition) is 1. The lowest BCUT2D eigenvalue weighted by molar-refractivity contribution is -0.137. The third-order valence-corrected chi connectivity index (χ3v) is 4.25. The van der Waals surface area contributed by atoms with E-state index in [1.54, 1.807) is 18.6 Å². The Morgan fingerprint density at radius 1 is 1.15 bits per heavy atom. The van der Waals surface area contributed by atoms with Crippen molar-refractivity contribution in [3.05, 3.63) is 42.5 Å². The largest absolute Gasteiger partial charge is 0.480 e. The molecule has 4 rings (SSSR count). The van der Waals surface area contributed by atoms with Gasteiger partial charge in [0.25, 0.3) is 0 Å². The van der Waals surface area contributed by atoms with E-state index in [1.165, 1.54) is 11.6 Å². The predicted molar refractivity (Wildman–Crippen MR) is 94.9 cm³/mol. The van der Waals surface area contributed by atoms with Crippen LogP contribution in [0.5, 0.6) is 0 Å². The standard InChI is InChI=1S/C18H15N5O3/c1-10(24)17-13-5-11(3-4-15(13)23(21-17)8-16(25)26)12-6-14-18(19-7-12)22(2)9-20-14/h3-7,9H,8H2,1-2H3,(H,25,26). The summed E-state index contributed by atoms with van der Waals surface area (Å²) in [5, 5.41) is 13.8. The molecule has 0 fully saturated rings. The normalized spacial score (nSPS) is 11.3. The quantitative estimate of drug-likeness (QED) is 0.567. The number of fused-ring (bicyclic) bond motifs is 2. The Hall–Kier alpha value is -3.55. The maximum Gasteiger partial charge on any atom is 0.325 e. The molecule has 0 spiro atoms. The first-order chi connectivity index (χ1) is 12.4. The predicted octanol–water partition coefficient (Wildman–Crippen LogP) is 2.27. The summed E-state index contributed by atoms with van der Waals surface area (Å²) in [6.45, 7) is 1.12. The van der Waals surface area contributed by atoms with Crippen molar-refractivity contribution in [2.75, 3.05) is 0 Å². The topological polar surface area (TPSA) is 103 Å². The number of benzene rings is 1. The van der Waals surface area contributed by atoms with Crippen LogP contribution in [-0.2, 0) is 18.4 Å². The maximum atomic E-state index is 11.9. The van der Waals surface area contributed by atoms with Gasteiger partial charge in [-0.1, -0.05) is 6.07 Å². The van der Waals surface area contributed by atoms with Gasteiger partial charge in [0.1, 0.15) is 17.8 Å². The van der Waals surface area contributed by atoms with Crippen LogP contribution in [0.2, 0.25) is 0 Å². The molecule has 1 aromatic carbocycles. The highest BCUT2D eigenvalue weighted by molar-refractivity contribution is 6.06. The Morgan fingerprint density at radius 2 is 1.96 bits per heavy atom. The molecule has 0 radical (unpaired) electrons. The molecule has 4 aromatic rings. The molecule has 130 valence electrons. The van der Waals surface area contributed by atoms with Crippen molar-refractivity contribution in [1.82, 2.24) is 24.3 Å². The van der Waals surface area contributed by atoms with Gasteiger partial charge in [-0.25, -0.2) is 9.97 Å². The molecule has 0 bridgehead atoms. The van der Waals surface area contributed by atoms with Gasteiger partial charge >= 0.3 is 5.97 Å². The molecule has 0 atom stereocenters. The average molecular weight is 349 g/mol. The van der Waals surface area contributed by atoms with Crippen LogP contribution in [0.25, 0.3) is 33.2 Å².